The van der Waals surface area contributed by atoms with Crippen LogP contribution in [0.1, 0.15) is 31.7 Å². The maximum atomic E-state index is 5.86. The molecule has 0 bridgehead atoms. The Bertz CT molecular complexity index is 551. The van der Waals surface area contributed by atoms with Crippen LogP contribution < -0.4 is 10.5 Å². The maximum absolute atomic E-state index is 5.86. The Hall–Kier alpha value is -1.67. The molecule has 0 fully saturated rings. The van der Waals surface area contributed by atoms with E-state index in [4.69, 9.17) is 22.1 Å². The van der Waals surface area contributed by atoms with Gasteiger partial charge < -0.3 is 10.5 Å². The van der Waals surface area contributed by atoms with Crippen molar-refractivity contribution in [3.8, 4) is 11.5 Å². The Morgan fingerprint density at radius 1 is 1.16 bits per heavy atom. The van der Waals surface area contributed by atoms with E-state index in [2.05, 4.69) is 26.0 Å². The third kappa shape index (κ3) is 3.42. The zero-order valence-corrected chi connectivity index (χ0v) is 11.9. The molecule has 0 aliphatic rings. The summed E-state index contributed by atoms with van der Waals surface area (Å²) in [5, 5.41) is 0.608. The molecule has 2 N–H and O–H groups in total. The van der Waals surface area contributed by atoms with Gasteiger partial charge in [-0.15, -0.1) is 0 Å². The molecule has 0 radical (unpaired) electrons. The van der Waals surface area contributed by atoms with Gasteiger partial charge in [0.05, 0.1) is 5.69 Å². The highest BCUT2D eigenvalue weighted by atomic mass is 35.5. The normalized spacial score (nSPS) is 12.2. The molecule has 2 nitrogen and oxygen atoms in total. The number of hydrogen-bond acceptors (Lipinski definition) is 2. The summed E-state index contributed by atoms with van der Waals surface area (Å²) in [6.07, 6.45) is 1.13. The Labute approximate surface area is 119 Å². The Kier molecular flexibility index (Phi) is 4.33. The van der Waals surface area contributed by atoms with E-state index in [0.717, 1.165) is 12.2 Å². The molecule has 3 heteroatoms. The van der Waals surface area contributed by atoms with Gasteiger partial charge in [0.2, 0.25) is 0 Å². The number of halogens is 1. The minimum absolute atomic E-state index is 0.540. The lowest BCUT2D eigenvalue weighted by atomic mass is 9.99. The zero-order valence-electron chi connectivity index (χ0n) is 11.2. The monoisotopic (exact) mass is 275 g/mol. The quantitative estimate of drug-likeness (QED) is 0.776. The van der Waals surface area contributed by atoms with Crippen molar-refractivity contribution in [1.82, 2.24) is 0 Å². The average Bonchev–Trinajstić information content (AvgIpc) is 2.42. The molecule has 2 rings (SSSR count). The van der Waals surface area contributed by atoms with Crippen molar-refractivity contribution in [3.63, 3.8) is 0 Å². The topological polar surface area (TPSA) is 35.2 Å². The number of anilines is 1. The highest BCUT2D eigenvalue weighted by Crippen LogP contribution is 2.30. The van der Waals surface area contributed by atoms with Crippen molar-refractivity contribution in [2.24, 2.45) is 0 Å². The lowest BCUT2D eigenvalue weighted by molar-refractivity contribution is 0.484. The summed E-state index contributed by atoms with van der Waals surface area (Å²) >= 11 is 5.86. The minimum Gasteiger partial charge on any atom is -0.455 e. The van der Waals surface area contributed by atoms with Gasteiger partial charge >= 0.3 is 0 Å². The molecule has 0 heterocycles. The number of rotatable bonds is 4. The fourth-order valence-electron chi connectivity index (χ4n) is 1.84. The predicted molar refractivity (Wildman–Crippen MR) is 81.1 cm³/mol. The van der Waals surface area contributed by atoms with Crippen LogP contribution in [0.3, 0.4) is 0 Å². The van der Waals surface area contributed by atoms with Gasteiger partial charge in [-0.05, 0) is 48.2 Å². The zero-order chi connectivity index (χ0) is 13.8. The second-order valence-corrected chi connectivity index (χ2v) is 5.10. The van der Waals surface area contributed by atoms with Crippen LogP contribution in [0.4, 0.5) is 5.69 Å². The Balaban J connectivity index is 2.15. The van der Waals surface area contributed by atoms with E-state index in [1.54, 1.807) is 18.2 Å². The molecule has 100 valence electrons. The van der Waals surface area contributed by atoms with E-state index in [-0.39, 0.29) is 0 Å². The molecule has 0 unspecified atom stereocenters. The van der Waals surface area contributed by atoms with E-state index in [9.17, 15) is 0 Å². The SMILES string of the molecule is CC[C@@H](C)c1ccc(Oc2ccc(Cl)cc2N)cc1. The highest BCUT2D eigenvalue weighted by molar-refractivity contribution is 6.30. The van der Waals surface area contributed by atoms with E-state index in [1.165, 1.54) is 5.56 Å². The molecule has 19 heavy (non-hydrogen) atoms. The molecular weight excluding hydrogens is 258 g/mol. The van der Waals surface area contributed by atoms with Crippen LogP contribution in [0.5, 0.6) is 11.5 Å². The van der Waals surface area contributed by atoms with Crippen molar-refractivity contribution in [1.29, 1.82) is 0 Å². The van der Waals surface area contributed by atoms with Gasteiger partial charge in [0, 0.05) is 5.02 Å². The first-order valence-electron chi connectivity index (χ1n) is 6.43. The van der Waals surface area contributed by atoms with Gasteiger partial charge in [-0.3, -0.25) is 0 Å². The van der Waals surface area contributed by atoms with Crippen LogP contribution in [-0.4, -0.2) is 0 Å². The number of benzene rings is 2. The lowest BCUT2D eigenvalue weighted by Crippen LogP contribution is -1.93. The van der Waals surface area contributed by atoms with E-state index in [0.29, 0.717) is 22.4 Å². The van der Waals surface area contributed by atoms with Gasteiger partial charge in [-0.25, -0.2) is 0 Å². The molecule has 1 atom stereocenters. The van der Waals surface area contributed by atoms with Gasteiger partial charge in [0.1, 0.15) is 11.5 Å². The van der Waals surface area contributed by atoms with Crippen LogP contribution in [0, 0.1) is 0 Å². The van der Waals surface area contributed by atoms with Crippen LogP contribution in [0.15, 0.2) is 42.5 Å². The van der Waals surface area contributed by atoms with Gasteiger partial charge in [0.15, 0.2) is 0 Å². The fraction of sp³-hybridized carbons (Fsp3) is 0.250. The Morgan fingerprint density at radius 3 is 2.42 bits per heavy atom. The smallest absolute Gasteiger partial charge is 0.150 e. The summed E-state index contributed by atoms with van der Waals surface area (Å²) in [6, 6.07) is 13.3. The van der Waals surface area contributed by atoms with Crippen LogP contribution in [0.25, 0.3) is 0 Å². The average molecular weight is 276 g/mol. The molecule has 0 amide bonds. The van der Waals surface area contributed by atoms with Crippen molar-refractivity contribution < 1.29 is 4.74 Å². The maximum Gasteiger partial charge on any atom is 0.150 e. The van der Waals surface area contributed by atoms with Gasteiger partial charge in [-0.2, -0.15) is 0 Å². The first-order chi connectivity index (χ1) is 9.10. The van der Waals surface area contributed by atoms with E-state index >= 15 is 0 Å². The third-order valence-corrected chi connectivity index (χ3v) is 3.50. The van der Waals surface area contributed by atoms with Gasteiger partial charge in [-0.1, -0.05) is 37.6 Å². The first-order valence-corrected chi connectivity index (χ1v) is 6.80. The molecule has 0 aromatic heterocycles. The predicted octanol–water partition coefficient (Wildman–Crippen LogP) is 5.23. The molecule has 2 aromatic carbocycles. The molecule has 0 aliphatic heterocycles. The summed E-state index contributed by atoms with van der Waals surface area (Å²) in [5.41, 5.74) is 7.72. The summed E-state index contributed by atoms with van der Waals surface area (Å²) in [6.45, 7) is 4.40. The molecule has 0 saturated carbocycles. The van der Waals surface area contributed by atoms with Crippen LogP contribution >= 0.6 is 11.6 Å². The molecular formula is C16H18ClNO. The van der Waals surface area contributed by atoms with Crippen LogP contribution in [-0.2, 0) is 0 Å². The van der Waals surface area contributed by atoms with Crippen molar-refractivity contribution in [2.75, 3.05) is 5.73 Å². The van der Waals surface area contributed by atoms with Crippen molar-refractivity contribution in [2.45, 2.75) is 26.2 Å². The summed E-state index contributed by atoms with van der Waals surface area (Å²) in [4.78, 5) is 0. The van der Waals surface area contributed by atoms with Gasteiger partial charge in [0.25, 0.3) is 0 Å². The number of hydrogen-bond donors (Lipinski definition) is 1. The standard InChI is InChI=1S/C16H18ClNO/c1-3-11(2)12-4-7-14(8-5-12)19-16-9-6-13(17)10-15(16)18/h4-11H,3,18H2,1-2H3/t11-/m1/s1. The second-order valence-electron chi connectivity index (χ2n) is 4.66. The minimum atomic E-state index is 0.540. The lowest BCUT2D eigenvalue weighted by Gasteiger charge is -2.11. The van der Waals surface area contributed by atoms with E-state index < -0.39 is 0 Å². The Morgan fingerprint density at radius 2 is 1.84 bits per heavy atom. The first kappa shape index (κ1) is 13.8. The molecule has 2 aromatic rings. The fourth-order valence-corrected chi connectivity index (χ4v) is 2.02. The van der Waals surface area contributed by atoms with Crippen molar-refractivity contribution >= 4 is 17.3 Å². The largest absolute Gasteiger partial charge is 0.455 e. The highest BCUT2D eigenvalue weighted by Gasteiger charge is 2.05. The molecule has 0 saturated heterocycles. The molecule has 0 spiro atoms. The van der Waals surface area contributed by atoms with Crippen LogP contribution in [0.2, 0.25) is 5.02 Å². The van der Waals surface area contributed by atoms with Crippen molar-refractivity contribution in [3.05, 3.63) is 53.1 Å². The second kappa shape index (κ2) is 5.98. The number of ether oxygens (including phenoxy) is 1. The summed E-state index contributed by atoms with van der Waals surface area (Å²) < 4.78 is 5.75. The molecule has 0 aliphatic carbocycles. The summed E-state index contributed by atoms with van der Waals surface area (Å²) in [5.74, 6) is 1.97. The number of nitrogen functional groups attached to an aromatic ring is 1. The van der Waals surface area contributed by atoms with E-state index in [1.807, 2.05) is 12.1 Å². The summed E-state index contributed by atoms with van der Waals surface area (Å²) in [7, 11) is 0. The number of nitrogens with two attached hydrogens (primary N) is 1. The third-order valence-electron chi connectivity index (χ3n) is 3.26.